The zero-order chi connectivity index (χ0) is 24.1. The van der Waals surface area contributed by atoms with Gasteiger partial charge in [-0.15, -0.1) is 0 Å². The molecule has 0 heterocycles. The number of ether oxygens (including phenoxy) is 1. The first kappa shape index (κ1) is 28.3. The summed E-state index contributed by atoms with van der Waals surface area (Å²) in [6.45, 7) is 6.03. The first-order valence-electron chi connectivity index (χ1n) is 12.6. The number of Topliss-reactive ketones (excluding diaryl/α,β-unsaturated/α-hetero) is 2. The van der Waals surface area contributed by atoms with Gasteiger partial charge < -0.3 is 9.84 Å². The van der Waals surface area contributed by atoms with Crippen molar-refractivity contribution in [1.82, 2.24) is 0 Å². The number of carboxylic acid groups (broad SMARTS) is 1. The highest BCUT2D eigenvalue weighted by Gasteiger charge is 2.49. The number of hydrogen-bond donors (Lipinski definition) is 1. The molecule has 0 spiro atoms. The van der Waals surface area contributed by atoms with Gasteiger partial charge in [0.2, 0.25) is 0 Å². The van der Waals surface area contributed by atoms with Crippen LogP contribution in [0.15, 0.2) is 0 Å². The highest BCUT2D eigenvalue weighted by molar-refractivity contribution is 5.92. The molecular weight excluding hydrogens is 408 g/mol. The number of aliphatic carboxylic acids is 1. The predicted molar refractivity (Wildman–Crippen MR) is 124 cm³/mol. The van der Waals surface area contributed by atoms with E-state index in [2.05, 4.69) is 13.8 Å². The van der Waals surface area contributed by atoms with Crippen LogP contribution in [0.5, 0.6) is 0 Å². The number of ketones is 2. The summed E-state index contributed by atoms with van der Waals surface area (Å²) >= 11 is 0. The normalized spacial score (nSPS) is 27.2. The van der Waals surface area contributed by atoms with E-state index in [0.29, 0.717) is 25.7 Å². The second-order valence-corrected chi connectivity index (χ2v) is 9.68. The Kier molecular flexibility index (Phi) is 12.8. The number of carbonyl (C=O) groups is 4. The molecule has 32 heavy (non-hydrogen) atoms. The number of esters is 1. The topological polar surface area (TPSA) is 97.7 Å². The Labute approximate surface area is 193 Å². The van der Waals surface area contributed by atoms with E-state index in [-0.39, 0.29) is 35.3 Å². The molecule has 4 atom stereocenters. The van der Waals surface area contributed by atoms with Crippen LogP contribution in [0.3, 0.4) is 0 Å². The molecule has 0 saturated heterocycles. The van der Waals surface area contributed by atoms with Crippen LogP contribution in [0.25, 0.3) is 0 Å². The average Bonchev–Trinajstić information content (AvgIpc) is 3.29. The summed E-state index contributed by atoms with van der Waals surface area (Å²) in [4.78, 5) is 46.1. The zero-order valence-corrected chi connectivity index (χ0v) is 20.6. The molecule has 6 nitrogen and oxygen atoms in total. The van der Waals surface area contributed by atoms with Crippen molar-refractivity contribution in [1.29, 1.82) is 0 Å². The average molecular weight is 453 g/mol. The van der Waals surface area contributed by atoms with Gasteiger partial charge >= 0.3 is 11.9 Å². The maximum Gasteiger partial charge on any atom is 0.310 e. The van der Waals surface area contributed by atoms with Crippen LogP contribution in [-0.4, -0.2) is 35.7 Å². The monoisotopic (exact) mass is 452 g/mol. The Hall–Kier alpha value is -1.72. The minimum absolute atomic E-state index is 0.0655. The van der Waals surface area contributed by atoms with Crippen molar-refractivity contribution in [3.8, 4) is 0 Å². The predicted octanol–water partition coefficient (Wildman–Crippen LogP) is 5.75. The fourth-order valence-corrected chi connectivity index (χ4v) is 5.09. The third-order valence-electron chi connectivity index (χ3n) is 7.36. The summed E-state index contributed by atoms with van der Waals surface area (Å²) in [5.74, 6) is -1.08. The Morgan fingerprint density at radius 1 is 0.938 bits per heavy atom. The van der Waals surface area contributed by atoms with Gasteiger partial charge in [0.1, 0.15) is 11.6 Å². The van der Waals surface area contributed by atoms with Crippen LogP contribution in [-0.2, 0) is 23.9 Å². The van der Waals surface area contributed by atoms with Gasteiger partial charge in [0.05, 0.1) is 18.4 Å². The number of rotatable bonds is 12. The Balaban J connectivity index is 0.000000320. The molecule has 0 aliphatic heterocycles. The highest BCUT2D eigenvalue weighted by atomic mass is 16.5. The molecule has 0 aromatic carbocycles. The quantitative estimate of drug-likeness (QED) is 0.299. The Morgan fingerprint density at radius 2 is 1.53 bits per heavy atom. The molecule has 184 valence electrons. The number of methoxy groups -OCH3 is 1. The van der Waals surface area contributed by atoms with Crippen LogP contribution in [0.2, 0.25) is 0 Å². The van der Waals surface area contributed by atoms with Gasteiger partial charge in [0.25, 0.3) is 0 Å². The molecule has 0 bridgehead atoms. The maximum atomic E-state index is 11.7. The van der Waals surface area contributed by atoms with Crippen LogP contribution < -0.4 is 0 Å². The van der Waals surface area contributed by atoms with Crippen LogP contribution >= 0.6 is 0 Å². The molecule has 6 heteroatoms. The van der Waals surface area contributed by atoms with E-state index in [1.54, 1.807) is 6.92 Å². The molecular formula is C26H44O6. The van der Waals surface area contributed by atoms with Crippen molar-refractivity contribution >= 4 is 23.5 Å². The van der Waals surface area contributed by atoms with Crippen molar-refractivity contribution in [2.45, 2.75) is 111 Å². The van der Waals surface area contributed by atoms with Gasteiger partial charge in [-0.3, -0.25) is 19.2 Å². The highest BCUT2D eigenvalue weighted by Crippen LogP contribution is 2.43. The standard InChI is InChI=1S/2C13H22O3/c1-3-4-5-6-7-10-11(14)8-9-13(10,2)12(15)16;1-3-4-5-6-7-10-11(13(15)16-2)8-9-12(10)14/h10H,3-9H2,1-2H3,(H,15,16);10-11H,3-9H2,1-2H3. The molecule has 2 fully saturated rings. The third kappa shape index (κ3) is 8.00. The van der Waals surface area contributed by atoms with E-state index >= 15 is 0 Å². The van der Waals surface area contributed by atoms with E-state index < -0.39 is 11.4 Å². The van der Waals surface area contributed by atoms with Gasteiger partial charge in [0.15, 0.2) is 0 Å². The SMILES string of the molecule is CCCCCCC1C(=O)CCC1(C)C(=O)O.CCCCCCC1C(=O)CCC1C(=O)OC. The zero-order valence-electron chi connectivity index (χ0n) is 20.6. The Bertz CT molecular complexity index is 626. The molecule has 2 saturated carbocycles. The van der Waals surface area contributed by atoms with Gasteiger partial charge in [-0.05, 0) is 32.6 Å². The van der Waals surface area contributed by atoms with E-state index in [0.717, 1.165) is 44.9 Å². The fraction of sp³-hybridized carbons (Fsp3) is 0.846. The molecule has 2 aliphatic carbocycles. The van der Waals surface area contributed by atoms with Crippen molar-refractivity contribution in [2.24, 2.45) is 23.2 Å². The lowest BCUT2D eigenvalue weighted by Crippen LogP contribution is -2.33. The van der Waals surface area contributed by atoms with Gasteiger partial charge in [-0.25, -0.2) is 0 Å². The summed E-state index contributed by atoms with van der Waals surface area (Å²) in [7, 11) is 1.40. The van der Waals surface area contributed by atoms with Crippen LogP contribution in [0.1, 0.15) is 111 Å². The number of carboxylic acids is 1. The molecule has 2 aliphatic rings. The molecule has 0 aromatic heterocycles. The van der Waals surface area contributed by atoms with E-state index in [1.807, 2.05) is 0 Å². The Morgan fingerprint density at radius 3 is 2.06 bits per heavy atom. The van der Waals surface area contributed by atoms with Gasteiger partial charge in [0, 0.05) is 24.7 Å². The third-order valence-corrected chi connectivity index (χ3v) is 7.36. The molecule has 0 aromatic rings. The summed E-state index contributed by atoms with van der Waals surface area (Å²) in [5.41, 5.74) is -0.802. The number of hydrogen-bond acceptors (Lipinski definition) is 5. The second-order valence-electron chi connectivity index (χ2n) is 9.68. The van der Waals surface area contributed by atoms with Crippen molar-refractivity contribution in [3.63, 3.8) is 0 Å². The van der Waals surface area contributed by atoms with E-state index in [1.165, 1.54) is 26.4 Å². The lowest BCUT2D eigenvalue weighted by atomic mass is 9.77. The summed E-state index contributed by atoms with van der Waals surface area (Å²) < 4.78 is 4.75. The van der Waals surface area contributed by atoms with Crippen molar-refractivity contribution < 1.29 is 29.0 Å². The smallest absolute Gasteiger partial charge is 0.310 e. The maximum absolute atomic E-state index is 11.7. The lowest BCUT2D eigenvalue weighted by Gasteiger charge is -2.25. The molecule has 2 rings (SSSR count). The second kappa shape index (κ2) is 14.4. The minimum Gasteiger partial charge on any atom is -0.481 e. The molecule has 4 unspecified atom stereocenters. The fourth-order valence-electron chi connectivity index (χ4n) is 5.09. The van der Waals surface area contributed by atoms with Crippen LogP contribution in [0, 0.1) is 23.2 Å². The van der Waals surface area contributed by atoms with Crippen molar-refractivity contribution in [2.75, 3.05) is 7.11 Å². The summed E-state index contributed by atoms with van der Waals surface area (Å²) in [5, 5.41) is 9.21. The van der Waals surface area contributed by atoms with E-state index in [4.69, 9.17) is 4.74 Å². The molecule has 0 radical (unpaired) electrons. The first-order valence-corrected chi connectivity index (χ1v) is 12.6. The van der Waals surface area contributed by atoms with Crippen LogP contribution in [0.4, 0.5) is 0 Å². The van der Waals surface area contributed by atoms with Crippen molar-refractivity contribution in [3.05, 3.63) is 0 Å². The minimum atomic E-state index is -0.807. The summed E-state index contributed by atoms with van der Waals surface area (Å²) in [6, 6.07) is 0. The van der Waals surface area contributed by atoms with Gasteiger partial charge in [-0.2, -0.15) is 0 Å². The number of unbranched alkanes of at least 4 members (excludes halogenated alkanes) is 6. The van der Waals surface area contributed by atoms with E-state index in [9.17, 15) is 24.3 Å². The first-order chi connectivity index (χ1) is 15.2. The molecule has 0 amide bonds. The lowest BCUT2D eigenvalue weighted by molar-refractivity contribution is -0.151. The summed E-state index contributed by atoms with van der Waals surface area (Å²) in [6.07, 6.45) is 12.8. The molecule has 1 N–H and O–H groups in total. The van der Waals surface area contributed by atoms with Gasteiger partial charge in [-0.1, -0.05) is 65.2 Å². The largest absolute Gasteiger partial charge is 0.481 e. The number of carbonyl (C=O) groups excluding carboxylic acids is 3.